The zero-order valence-electron chi connectivity index (χ0n) is 28.5. The lowest BCUT2D eigenvalue weighted by atomic mass is 9.83. The molecule has 2 aromatic rings. The van der Waals surface area contributed by atoms with Crippen LogP contribution in [0.4, 0.5) is 10.5 Å². The van der Waals surface area contributed by atoms with E-state index in [1.54, 1.807) is 23.6 Å². The van der Waals surface area contributed by atoms with Gasteiger partial charge in [0, 0.05) is 43.9 Å². The summed E-state index contributed by atoms with van der Waals surface area (Å²) in [5, 5.41) is 8.56. The molecule has 6 atom stereocenters. The van der Waals surface area contributed by atoms with E-state index in [1.165, 1.54) is 0 Å². The van der Waals surface area contributed by atoms with E-state index in [4.69, 9.17) is 19.9 Å². The van der Waals surface area contributed by atoms with Crippen LogP contribution in [0.25, 0.3) is 11.3 Å². The number of nitrogens with zero attached hydrogens (tertiary/aromatic N) is 5. The maximum atomic E-state index is 13.6. The molecular formula is C34H52N6O6. The number of likely N-dealkylation sites (N-methyl/N-ethyl adjacent to an activating group) is 1. The first-order valence-electron chi connectivity index (χ1n) is 16.6. The summed E-state index contributed by atoms with van der Waals surface area (Å²) in [5.41, 5.74) is 6.65. The predicted octanol–water partition coefficient (Wildman–Crippen LogP) is 4.71. The number of cyclic esters (lactones) is 1. The average Bonchev–Trinajstić information content (AvgIpc) is 3.61. The maximum absolute atomic E-state index is 13.6. The molecule has 2 aliphatic rings. The molecule has 0 spiro atoms. The molecule has 0 saturated carbocycles. The van der Waals surface area contributed by atoms with Crippen molar-refractivity contribution in [2.45, 2.75) is 115 Å². The van der Waals surface area contributed by atoms with Gasteiger partial charge in [-0.3, -0.25) is 19.2 Å². The van der Waals surface area contributed by atoms with Crippen molar-refractivity contribution < 1.29 is 28.6 Å². The van der Waals surface area contributed by atoms with Gasteiger partial charge in [0.15, 0.2) is 5.60 Å². The van der Waals surface area contributed by atoms with Gasteiger partial charge in [0.2, 0.25) is 0 Å². The summed E-state index contributed by atoms with van der Waals surface area (Å²) in [5.74, 6) is -1.69. The Bertz CT molecular complexity index is 1370. The molecule has 0 radical (unpaired) electrons. The SMILES string of the molecule is CC[C@H]1OC(=O)[C@H](C)C(=O)CC[C@](C)(OC)CCCN(C)[C@H](C)[C@H]2N(CCCCn3cc(-c4cccc(N)c4)nn3)C(=O)O[C@]12C. The highest BCUT2D eigenvalue weighted by atomic mass is 16.6. The largest absolute Gasteiger partial charge is 0.458 e. The van der Waals surface area contributed by atoms with Gasteiger partial charge < -0.3 is 24.8 Å². The molecule has 0 bridgehead atoms. The average molecular weight is 641 g/mol. The third kappa shape index (κ3) is 7.88. The summed E-state index contributed by atoms with van der Waals surface area (Å²) in [6.07, 6.45) is 5.00. The van der Waals surface area contributed by atoms with E-state index < -0.39 is 41.3 Å². The molecular weight excluding hydrogens is 588 g/mol. The van der Waals surface area contributed by atoms with E-state index in [0.717, 1.165) is 37.1 Å². The van der Waals surface area contributed by atoms with Gasteiger partial charge in [0.25, 0.3) is 0 Å². The first-order chi connectivity index (χ1) is 21.8. The molecule has 46 heavy (non-hydrogen) atoms. The van der Waals surface area contributed by atoms with Gasteiger partial charge >= 0.3 is 12.1 Å². The number of rotatable bonds is 8. The van der Waals surface area contributed by atoms with Crippen LogP contribution in [0, 0.1) is 5.92 Å². The minimum Gasteiger partial charge on any atom is -0.458 e. The van der Waals surface area contributed by atoms with Gasteiger partial charge in [-0.25, -0.2) is 4.79 Å². The van der Waals surface area contributed by atoms with Gasteiger partial charge in [-0.15, -0.1) is 5.10 Å². The van der Waals surface area contributed by atoms with Crippen molar-refractivity contribution in [2.24, 2.45) is 5.92 Å². The number of methoxy groups -OCH3 is 1. The Balaban J connectivity index is 1.52. The number of aromatic nitrogens is 3. The molecule has 4 rings (SSSR count). The fourth-order valence-electron chi connectivity index (χ4n) is 6.81. The summed E-state index contributed by atoms with van der Waals surface area (Å²) in [6.45, 7) is 11.3. The molecule has 12 nitrogen and oxygen atoms in total. The Labute approximate surface area is 272 Å². The lowest BCUT2D eigenvalue weighted by Gasteiger charge is -2.43. The first-order valence-corrected chi connectivity index (χ1v) is 16.6. The number of Topliss-reactive ketones (excluding diaryl/α,β-unsaturated/α-hetero) is 1. The molecule has 2 N–H and O–H groups in total. The Hall–Kier alpha value is -3.51. The topological polar surface area (TPSA) is 142 Å². The number of hydrogen-bond donors (Lipinski definition) is 1. The van der Waals surface area contributed by atoms with Crippen molar-refractivity contribution in [3.63, 3.8) is 0 Å². The lowest BCUT2D eigenvalue weighted by Crippen LogP contribution is -2.60. The molecule has 12 heteroatoms. The fourth-order valence-corrected chi connectivity index (χ4v) is 6.81. The summed E-state index contributed by atoms with van der Waals surface area (Å²) in [7, 11) is 3.72. The van der Waals surface area contributed by atoms with Crippen LogP contribution in [0.2, 0.25) is 0 Å². The fraction of sp³-hybridized carbons (Fsp3) is 0.676. The molecule has 1 aromatic carbocycles. The van der Waals surface area contributed by atoms with Crippen molar-refractivity contribution in [3.05, 3.63) is 30.5 Å². The maximum Gasteiger partial charge on any atom is 0.410 e. The molecule has 2 saturated heterocycles. The Morgan fingerprint density at radius 1 is 1.11 bits per heavy atom. The van der Waals surface area contributed by atoms with Gasteiger partial charge in [0.05, 0.1) is 17.8 Å². The number of hydrogen-bond acceptors (Lipinski definition) is 10. The third-order valence-electron chi connectivity index (χ3n) is 10.1. The van der Waals surface area contributed by atoms with Crippen molar-refractivity contribution in [1.82, 2.24) is 24.8 Å². The number of amides is 1. The number of ketones is 1. The van der Waals surface area contributed by atoms with Crippen LogP contribution in [-0.4, -0.2) is 99.3 Å². The quantitative estimate of drug-likeness (QED) is 0.187. The van der Waals surface area contributed by atoms with E-state index in [0.29, 0.717) is 38.0 Å². The molecule has 2 aliphatic heterocycles. The highest BCUT2D eigenvalue weighted by Gasteiger charge is 2.58. The summed E-state index contributed by atoms with van der Waals surface area (Å²) in [6, 6.07) is 7.03. The van der Waals surface area contributed by atoms with E-state index in [9.17, 15) is 14.4 Å². The summed E-state index contributed by atoms with van der Waals surface area (Å²) in [4.78, 5) is 43.9. The molecule has 254 valence electrons. The number of ether oxygens (including phenoxy) is 3. The number of carbonyl (C=O) groups excluding carboxylic acids is 3. The van der Waals surface area contributed by atoms with E-state index in [2.05, 4.69) is 29.2 Å². The molecule has 1 amide bonds. The Kier molecular flexibility index (Phi) is 11.5. The number of aryl methyl sites for hydroxylation is 1. The number of nitrogen functional groups attached to an aromatic ring is 1. The van der Waals surface area contributed by atoms with Crippen LogP contribution >= 0.6 is 0 Å². The normalized spacial score (nSPS) is 30.3. The first kappa shape index (κ1) is 35.3. The van der Waals surface area contributed by atoms with Crippen LogP contribution in [0.3, 0.4) is 0 Å². The number of esters is 1. The third-order valence-corrected chi connectivity index (χ3v) is 10.1. The van der Waals surface area contributed by atoms with Crippen LogP contribution < -0.4 is 5.73 Å². The second-order valence-electron chi connectivity index (χ2n) is 13.4. The predicted molar refractivity (Wildman–Crippen MR) is 175 cm³/mol. The molecule has 0 aliphatic carbocycles. The number of benzene rings is 1. The molecule has 2 fully saturated rings. The van der Waals surface area contributed by atoms with E-state index in [-0.39, 0.29) is 18.2 Å². The lowest BCUT2D eigenvalue weighted by molar-refractivity contribution is -0.170. The molecule has 1 aromatic heterocycles. The van der Waals surface area contributed by atoms with Crippen LogP contribution in [0.15, 0.2) is 30.5 Å². The highest BCUT2D eigenvalue weighted by Crippen LogP contribution is 2.39. The number of unbranched alkanes of at least 4 members (excludes halogenated alkanes) is 1. The summed E-state index contributed by atoms with van der Waals surface area (Å²) >= 11 is 0. The highest BCUT2D eigenvalue weighted by molar-refractivity contribution is 5.98. The van der Waals surface area contributed by atoms with Crippen LogP contribution in [0.1, 0.15) is 79.6 Å². The van der Waals surface area contributed by atoms with Gasteiger partial charge in [-0.05, 0) is 91.9 Å². The Morgan fingerprint density at radius 2 is 1.85 bits per heavy atom. The second kappa shape index (κ2) is 14.9. The van der Waals surface area contributed by atoms with Crippen LogP contribution in [-0.2, 0) is 30.3 Å². The van der Waals surface area contributed by atoms with Crippen molar-refractivity contribution in [2.75, 3.05) is 33.0 Å². The minimum absolute atomic E-state index is 0.113. The van der Waals surface area contributed by atoms with Crippen molar-refractivity contribution in [3.8, 4) is 11.3 Å². The van der Waals surface area contributed by atoms with Crippen molar-refractivity contribution >= 4 is 23.5 Å². The zero-order chi connectivity index (χ0) is 33.6. The number of carbonyl (C=O) groups is 3. The number of nitrogens with two attached hydrogens (primary N) is 1. The molecule has 3 heterocycles. The molecule has 0 unspecified atom stereocenters. The van der Waals surface area contributed by atoms with Crippen LogP contribution in [0.5, 0.6) is 0 Å². The monoisotopic (exact) mass is 640 g/mol. The number of anilines is 1. The number of fused-ring (bicyclic) bond motifs is 1. The van der Waals surface area contributed by atoms with Gasteiger partial charge in [-0.1, -0.05) is 24.3 Å². The zero-order valence-corrected chi connectivity index (χ0v) is 28.5. The second-order valence-corrected chi connectivity index (χ2v) is 13.4. The van der Waals surface area contributed by atoms with Gasteiger partial charge in [-0.2, -0.15) is 0 Å². The Morgan fingerprint density at radius 3 is 2.54 bits per heavy atom. The van der Waals surface area contributed by atoms with Gasteiger partial charge in [0.1, 0.15) is 23.5 Å². The van der Waals surface area contributed by atoms with Crippen molar-refractivity contribution in [1.29, 1.82) is 0 Å². The van der Waals surface area contributed by atoms with E-state index in [1.807, 2.05) is 51.2 Å². The smallest absolute Gasteiger partial charge is 0.410 e. The summed E-state index contributed by atoms with van der Waals surface area (Å²) < 4.78 is 19.8. The van der Waals surface area contributed by atoms with E-state index >= 15 is 0 Å². The minimum atomic E-state index is -1.11. The standard InChI is InChI=1S/C34H52N6O6/c1-8-29-34(5)30(24(3)38(6)18-12-16-33(4,44-7)17-15-28(41)23(2)31(42)45-29)40(32(43)46-34)20-10-9-19-39-22-27(36-37-39)25-13-11-14-26(35)21-25/h11,13-14,21-24,29-30H,8-10,12,15-20,35H2,1-7H3/t23-,24-,29-,30-,33-,34-/m1/s1.